The standard InChI is InChI=1S/C13H18N2O3/c1-10-3-2-4-11(14-10)8-15-5-6-18-9-12(15)7-13(16)17/h2-4,12H,5-9H2,1H3,(H,16,17). The number of carboxylic acid groups (broad SMARTS) is 1. The van der Waals surface area contributed by atoms with E-state index < -0.39 is 5.97 Å². The number of hydrogen-bond donors (Lipinski definition) is 1. The number of rotatable bonds is 4. The van der Waals surface area contributed by atoms with Crippen LogP contribution in [-0.4, -0.2) is 46.8 Å². The lowest BCUT2D eigenvalue weighted by Crippen LogP contribution is -2.46. The highest BCUT2D eigenvalue weighted by molar-refractivity contribution is 5.67. The molecule has 0 spiro atoms. The minimum Gasteiger partial charge on any atom is -0.481 e. The fourth-order valence-corrected chi connectivity index (χ4v) is 2.18. The number of hydrogen-bond acceptors (Lipinski definition) is 4. The lowest BCUT2D eigenvalue weighted by atomic mass is 10.1. The minimum absolute atomic E-state index is 0.0569. The normalized spacial score (nSPS) is 20.8. The van der Waals surface area contributed by atoms with Crippen LogP contribution in [0.5, 0.6) is 0 Å². The van der Waals surface area contributed by atoms with E-state index >= 15 is 0 Å². The number of ether oxygens (including phenoxy) is 1. The van der Waals surface area contributed by atoms with Crippen molar-refractivity contribution >= 4 is 5.97 Å². The van der Waals surface area contributed by atoms with Crippen LogP contribution in [0.1, 0.15) is 17.8 Å². The summed E-state index contributed by atoms with van der Waals surface area (Å²) in [6.07, 6.45) is 0.117. The Bertz CT molecular complexity index is 422. The highest BCUT2D eigenvalue weighted by atomic mass is 16.5. The fourth-order valence-electron chi connectivity index (χ4n) is 2.18. The molecule has 0 saturated carbocycles. The molecule has 1 atom stereocenters. The van der Waals surface area contributed by atoms with Crippen molar-refractivity contribution in [1.29, 1.82) is 0 Å². The fraction of sp³-hybridized carbons (Fsp3) is 0.538. The van der Waals surface area contributed by atoms with E-state index in [2.05, 4.69) is 9.88 Å². The SMILES string of the molecule is Cc1cccc(CN2CCOCC2CC(=O)O)n1. The maximum Gasteiger partial charge on any atom is 0.305 e. The molecule has 0 aliphatic carbocycles. The van der Waals surface area contributed by atoms with Crippen LogP contribution in [0, 0.1) is 6.92 Å². The largest absolute Gasteiger partial charge is 0.481 e. The lowest BCUT2D eigenvalue weighted by molar-refractivity contribution is -0.140. The van der Waals surface area contributed by atoms with E-state index in [0.717, 1.165) is 17.9 Å². The first kappa shape index (κ1) is 13.0. The van der Waals surface area contributed by atoms with E-state index in [4.69, 9.17) is 9.84 Å². The molecule has 18 heavy (non-hydrogen) atoms. The maximum atomic E-state index is 10.8. The Morgan fingerprint density at radius 3 is 3.17 bits per heavy atom. The zero-order chi connectivity index (χ0) is 13.0. The molecule has 1 unspecified atom stereocenters. The summed E-state index contributed by atoms with van der Waals surface area (Å²) in [5.74, 6) is -0.785. The highest BCUT2D eigenvalue weighted by Gasteiger charge is 2.25. The van der Waals surface area contributed by atoms with Crippen molar-refractivity contribution in [3.05, 3.63) is 29.6 Å². The third-order valence-corrected chi connectivity index (χ3v) is 3.07. The molecule has 1 aliphatic rings. The summed E-state index contributed by atoms with van der Waals surface area (Å²) in [4.78, 5) is 17.4. The topological polar surface area (TPSA) is 62.7 Å². The zero-order valence-corrected chi connectivity index (χ0v) is 10.5. The minimum atomic E-state index is -0.785. The molecule has 1 N–H and O–H groups in total. The summed E-state index contributed by atoms with van der Waals surface area (Å²) in [5, 5.41) is 8.90. The monoisotopic (exact) mass is 250 g/mol. The molecule has 1 aliphatic heterocycles. The second-order valence-corrected chi connectivity index (χ2v) is 4.57. The van der Waals surface area contributed by atoms with Gasteiger partial charge in [-0.05, 0) is 19.1 Å². The predicted molar refractivity (Wildman–Crippen MR) is 66.2 cm³/mol. The molecule has 1 aromatic rings. The van der Waals surface area contributed by atoms with E-state index in [1.165, 1.54) is 0 Å². The van der Waals surface area contributed by atoms with Crippen LogP contribution in [0.2, 0.25) is 0 Å². The zero-order valence-electron chi connectivity index (χ0n) is 10.5. The summed E-state index contributed by atoms with van der Waals surface area (Å²) in [7, 11) is 0. The van der Waals surface area contributed by atoms with Gasteiger partial charge in [-0.2, -0.15) is 0 Å². The number of carbonyl (C=O) groups is 1. The van der Waals surface area contributed by atoms with E-state index in [9.17, 15) is 4.79 Å². The first-order valence-electron chi connectivity index (χ1n) is 6.11. The Balaban J connectivity index is 2.03. The molecule has 5 heteroatoms. The molecule has 0 bridgehead atoms. The third-order valence-electron chi connectivity index (χ3n) is 3.07. The van der Waals surface area contributed by atoms with Gasteiger partial charge in [0.2, 0.25) is 0 Å². The molecule has 2 rings (SSSR count). The first-order valence-corrected chi connectivity index (χ1v) is 6.11. The average Bonchev–Trinajstić information content (AvgIpc) is 2.31. The molecule has 1 saturated heterocycles. The third kappa shape index (κ3) is 3.51. The molecule has 0 radical (unpaired) electrons. The quantitative estimate of drug-likeness (QED) is 0.866. The van der Waals surface area contributed by atoms with Crippen LogP contribution in [0.4, 0.5) is 0 Å². The van der Waals surface area contributed by atoms with Crippen molar-refractivity contribution in [3.63, 3.8) is 0 Å². The van der Waals surface area contributed by atoms with Crippen LogP contribution in [0.15, 0.2) is 18.2 Å². The van der Waals surface area contributed by atoms with Crippen molar-refractivity contribution < 1.29 is 14.6 Å². The van der Waals surface area contributed by atoms with Crippen molar-refractivity contribution in [2.75, 3.05) is 19.8 Å². The van der Waals surface area contributed by atoms with Gasteiger partial charge in [0, 0.05) is 24.8 Å². The van der Waals surface area contributed by atoms with Crippen molar-refractivity contribution in [1.82, 2.24) is 9.88 Å². The maximum absolute atomic E-state index is 10.8. The first-order chi connectivity index (χ1) is 8.65. The Morgan fingerprint density at radius 1 is 1.61 bits per heavy atom. The van der Waals surface area contributed by atoms with Gasteiger partial charge in [-0.25, -0.2) is 0 Å². The molecule has 2 heterocycles. The van der Waals surface area contributed by atoms with Crippen molar-refractivity contribution in [3.8, 4) is 0 Å². The van der Waals surface area contributed by atoms with Crippen LogP contribution in [0.25, 0.3) is 0 Å². The van der Waals surface area contributed by atoms with Gasteiger partial charge in [0.25, 0.3) is 0 Å². The molecule has 1 fully saturated rings. The van der Waals surface area contributed by atoms with E-state index in [1.807, 2.05) is 25.1 Å². The summed E-state index contributed by atoms with van der Waals surface area (Å²) < 4.78 is 5.35. The number of nitrogens with zero attached hydrogens (tertiary/aromatic N) is 2. The molecule has 0 aromatic carbocycles. The Morgan fingerprint density at radius 2 is 2.44 bits per heavy atom. The number of morpholine rings is 1. The molecule has 98 valence electrons. The van der Waals surface area contributed by atoms with E-state index in [-0.39, 0.29) is 12.5 Å². The van der Waals surface area contributed by atoms with Gasteiger partial charge in [0.15, 0.2) is 0 Å². The smallest absolute Gasteiger partial charge is 0.305 e. The second kappa shape index (κ2) is 5.93. The van der Waals surface area contributed by atoms with Gasteiger partial charge < -0.3 is 9.84 Å². The number of carboxylic acids is 1. The summed E-state index contributed by atoms with van der Waals surface area (Å²) in [5.41, 5.74) is 1.96. The van der Waals surface area contributed by atoms with Gasteiger partial charge in [-0.3, -0.25) is 14.7 Å². The van der Waals surface area contributed by atoms with Crippen LogP contribution in [-0.2, 0) is 16.1 Å². The average molecular weight is 250 g/mol. The highest BCUT2D eigenvalue weighted by Crippen LogP contribution is 2.14. The van der Waals surface area contributed by atoms with Gasteiger partial charge in [0.1, 0.15) is 0 Å². The van der Waals surface area contributed by atoms with Crippen LogP contribution >= 0.6 is 0 Å². The van der Waals surface area contributed by atoms with Crippen LogP contribution in [0.3, 0.4) is 0 Å². The molecule has 0 amide bonds. The number of aliphatic carboxylic acids is 1. The Labute approximate surface area is 106 Å². The number of aryl methyl sites for hydroxylation is 1. The molecule has 5 nitrogen and oxygen atoms in total. The van der Waals surface area contributed by atoms with E-state index in [1.54, 1.807) is 0 Å². The molecule has 1 aromatic heterocycles. The number of aromatic nitrogens is 1. The van der Waals surface area contributed by atoms with Crippen molar-refractivity contribution in [2.24, 2.45) is 0 Å². The van der Waals surface area contributed by atoms with Gasteiger partial charge in [0.05, 0.1) is 25.3 Å². The Kier molecular flexibility index (Phi) is 4.28. The molecular formula is C13H18N2O3. The van der Waals surface area contributed by atoms with Crippen LogP contribution < -0.4 is 0 Å². The van der Waals surface area contributed by atoms with Crippen molar-refractivity contribution in [2.45, 2.75) is 25.9 Å². The Hall–Kier alpha value is -1.46. The predicted octanol–water partition coefficient (Wildman–Crippen LogP) is 1.07. The van der Waals surface area contributed by atoms with Gasteiger partial charge in [-0.1, -0.05) is 6.07 Å². The van der Waals surface area contributed by atoms with Gasteiger partial charge in [-0.15, -0.1) is 0 Å². The number of pyridine rings is 1. The molecular weight excluding hydrogens is 232 g/mol. The lowest BCUT2D eigenvalue weighted by Gasteiger charge is -2.34. The summed E-state index contributed by atoms with van der Waals surface area (Å²) >= 11 is 0. The van der Waals surface area contributed by atoms with E-state index in [0.29, 0.717) is 19.8 Å². The summed E-state index contributed by atoms with van der Waals surface area (Å²) in [6.45, 7) is 4.54. The second-order valence-electron chi connectivity index (χ2n) is 4.57. The van der Waals surface area contributed by atoms with Gasteiger partial charge >= 0.3 is 5.97 Å². The summed E-state index contributed by atoms with van der Waals surface area (Å²) in [6, 6.07) is 5.85.